The maximum absolute atomic E-state index is 8.20. The van der Waals surface area contributed by atoms with Gasteiger partial charge in [0, 0.05) is 19.4 Å². The average Bonchev–Trinajstić information content (AvgIpc) is 1.68. The number of aliphatic hydroxyl groups is 1. The van der Waals surface area contributed by atoms with E-state index in [0.29, 0.717) is 0 Å². The summed E-state index contributed by atoms with van der Waals surface area (Å²) in [5.74, 6) is 0. The molecule has 0 aromatic rings. The average molecular weight is 225 g/mol. The summed E-state index contributed by atoms with van der Waals surface area (Å²) in [5, 5.41) is 8.20. The fourth-order valence-electron chi connectivity index (χ4n) is 0.244. The normalized spacial score (nSPS) is 11.2. The molecule has 8 heavy (non-hydrogen) atoms. The molecule has 0 bridgehead atoms. The number of rotatable bonds is 2. The molecular weight excluding hydrogens is 217 g/mol. The lowest BCUT2D eigenvalue weighted by molar-refractivity contribution is 0.454. The van der Waals surface area contributed by atoms with Gasteiger partial charge in [0.15, 0.2) is 0 Å². The molecule has 2 nitrogen and oxygen atoms in total. The Morgan fingerprint density at radius 3 is 2.50 bits per heavy atom. The van der Waals surface area contributed by atoms with Crippen LogP contribution in [0.15, 0.2) is 22.7 Å². The van der Waals surface area contributed by atoms with Crippen molar-refractivity contribution in [3.63, 3.8) is 0 Å². The van der Waals surface area contributed by atoms with E-state index in [1.807, 2.05) is 17.3 Å². The minimum Gasteiger partial charge on any atom is -0.514 e. The first-order valence-corrected chi connectivity index (χ1v) is 3.35. The van der Waals surface area contributed by atoms with E-state index in [1.54, 1.807) is 11.1 Å². The van der Waals surface area contributed by atoms with Crippen molar-refractivity contribution in [2.75, 3.05) is 7.05 Å². The molecule has 0 spiro atoms. The van der Waals surface area contributed by atoms with Gasteiger partial charge < -0.3 is 10.0 Å². The first-order valence-electron chi connectivity index (χ1n) is 2.11. The Labute approximate surface area is 62.6 Å². The van der Waals surface area contributed by atoms with Crippen LogP contribution in [0.4, 0.5) is 0 Å². The standard InChI is InChI=1S/C5H8INO/c1-7(3-2-6)4-5-8/h2-5,8H,1H3/b3-2-,5-4-. The zero-order valence-corrected chi connectivity index (χ0v) is 6.74. The van der Waals surface area contributed by atoms with Crippen molar-refractivity contribution in [3.05, 3.63) is 22.7 Å². The van der Waals surface area contributed by atoms with Crippen LogP contribution in [0.25, 0.3) is 0 Å². The third-order valence-corrected chi connectivity index (χ3v) is 0.915. The highest BCUT2D eigenvalue weighted by Gasteiger charge is 1.75. The van der Waals surface area contributed by atoms with Gasteiger partial charge in [0.1, 0.15) is 0 Å². The molecule has 0 radical (unpaired) electrons. The maximum Gasteiger partial charge on any atom is 0.0953 e. The highest BCUT2D eigenvalue weighted by molar-refractivity contribution is 14.1. The Bertz CT molecular complexity index is 88.6. The highest BCUT2D eigenvalue weighted by atomic mass is 127. The lowest BCUT2D eigenvalue weighted by Crippen LogP contribution is -1.98. The number of nitrogens with zero attached hydrogens (tertiary/aromatic N) is 1. The van der Waals surface area contributed by atoms with E-state index in [4.69, 9.17) is 5.11 Å². The summed E-state index contributed by atoms with van der Waals surface area (Å²) in [6.07, 6.45) is 4.37. The summed E-state index contributed by atoms with van der Waals surface area (Å²) >= 11 is 2.10. The van der Waals surface area contributed by atoms with Crippen LogP contribution in [-0.4, -0.2) is 17.1 Å². The largest absolute Gasteiger partial charge is 0.514 e. The van der Waals surface area contributed by atoms with E-state index < -0.39 is 0 Å². The summed E-state index contributed by atoms with van der Waals surface area (Å²) in [6.45, 7) is 0. The van der Waals surface area contributed by atoms with Crippen molar-refractivity contribution in [3.8, 4) is 0 Å². The first kappa shape index (κ1) is 7.81. The van der Waals surface area contributed by atoms with E-state index in [2.05, 4.69) is 22.6 Å². The van der Waals surface area contributed by atoms with Crippen LogP contribution in [0.2, 0.25) is 0 Å². The van der Waals surface area contributed by atoms with Crippen molar-refractivity contribution in [2.24, 2.45) is 0 Å². The fourth-order valence-corrected chi connectivity index (χ4v) is 0.751. The molecule has 0 amide bonds. The smallest absolute Gasteiger partial charge is 0.0953 e. The highest BCUT2D eigenvalue weighted by Crippen LogP contribution is 1.89. The summed E-state index contributed by atoms with van der Waals surface area (Å²) in [6, 6.07) is 0. The Balaban J connectivity index is 3.47. The van der Waals surface area contributed by atoms with Gasteiger partial charge in [-0.3, -0.25) is 0 Å². The predicted octanol–water partition coefficient (Wildman–Crippen LogP) is 1.85. The van der Waals surface area contributed by atoms with Gasteiger partial charge in [-0.1, -0.05) is 22.6 Å². The fraction of sp³-hybridized carbons (Fsp3) is 0.200. The SMILES string of the molecule is CN(/C=C\O)/C=C\I. The molecule has 0 aliphatic heterocycles. The molecule has 0 saturated carbocycles. The minimum atomic E-state index is 0.997. The van der Waals surface area contributed by atoms with Crippen molar-refractivity contribution in [2.45, 2.75) is 0 Å². The number of hydrogen-bond acceptors (Lipinski definition) is 2. The van der Waals surface area contributed by atoms with Gasteiger partial charge in [-0.2, -0.15) is 0 Å². The third-order valence-electron chi connectivity index (χ3n) is 0.593. The summed E-state index contributed by atoms with van der Waals surface area (Å²) in [5.41, 5.74) is 0. The summed E-state index contributed by atoms with van der Waals surface area (Å²) in [7, 11) is 1.84. The Kier molecular flexibility index (Phi) is 4.84. The molecule has 0 unspecified atom stereocenters. The Morgan fingerprint density at radius 1 is 1.50 bits per heavy atom. The van der Waals surface area contributed by atoms with Gasteiger partial charge in [-0.25, -0.2) is 0 Å². The first-order chi connectivity index (χ1) is 3.81. The van der Waals surface area contributed by atoms with Crippen LogP contribution in [0.5, 0.6) is 0 Å². The number of halogens is 1. The number of hydrogen-bond donors (Lipinski definition) is 1. The van der Waals surface area contributed by atoms with E-state index in [9.17, 15) is 0 Å². The molecule has 0 rings (SSSR count). The summed E-state index contributed by atoms with van der Waals surface area (Å²) in [4.78, 5) is 1.74. The lowest BCUT2D eigenvalue weighted by Gasteiger charge is -2.02. The zero-order valence-electron chi connectivity index (χ0n) is 4.58. The molecule has 0 saturated heterocycles. The molecule has 0 aliphatic carbocycles. The molecule has 46 valence electrons. The lowest BCUT2D eigenvalue weighted by atomic mass is 10.8. The molecule has 0 aromatic carbocycles. The van der Waals surface area contributed by atoms with Crippen LogP contribution >= 0.6 is 22.6 Å². The van der Waals surface area contributed by atoms with Crippen molar-refractivity contribution >= 4 is 22.6 Å². The maximum atomic E-state index is 8.20. The minimum absolute atomic E-state index is 0.997. The molecule has 0 aliphatic rings. The number of aliphatic hydroxyl groups excluding tert-OH is 1. The predicted molar refractivity (Wildman–Crippen MR) is 42.7 cm³/mol. The van der Waals surface area contributed by atoms with Crippen LogP contribution in [-0.2, 0) is 0 Å². The van der Waals surface area contributed by atoms with Crippen LogP contribution < -0.4 is 0 Å². The topological polar surface area (TPSA) is 23.5 Å². The van der Waals surface area contributed by atoms with Crippen molar-refractivity contribution in [1.82, 2.24) is 4.90 Å². The molecule has 0 heterocycles. The zero-order chi connectivity index (χ0) is 6.41. The molecule has 1 N–H and O–H groups in total. The van der Waals surface area contributed by atoms with Gasteiger partial charge in [0.05, 0.1) is 6.26 Å². The van der Waals surface area contributed by atoms with Gasteiger partial charge in [-0.15, -0.1) is 0 Å². The quantitative estimate of drug-likeness (QED) is 0.572. The molecular formula is C5H8INO. The summed E-state index contributed by atoms with van der Waals surface area (Å²) < 4.78 is 1.86. The Morgan fingerprint density at radius 2 is 2.12 bits per heavy atom. The van der Waals surface area contributed by atoms with Crippen LogP contribution in [0.1, 0.15) is 0 Å². The second kappa shape index (κ2) is 4.96. The molecule has 3 heteroatoms. The van der Waals surface area contributed by atoms with E-state index >= 15 is 0 Å². The molecule has 0 aromatic heterocycles. The molecule has 0 atom stereocenters. The Hall–Kier alpha value is -0.190. The second-order valence-electron chi connectivity index (χ2n) is 1.24. The van der Waals surface area contributed by atoms with Crippen molar-refractivity contribution in [1.29, 1.82) is 0 Å². The van der Waals surface area contributed by atoms with Gasteiger partial charge in [0.2, 0.25) is 0 Å². The van der Waals surface area contributed by atoms with E-state index in [1.165, 1.54) is 0 Å². The van der Waals surface area contributed by atoms with Gasteiger partial charge in [0.25, 0.3) is 0 Å². The van der Waals surface area contributed by atoms with Gasteiger partial charge >= 0.3 is 0 Å². The van der Waals surface area contributed by atoms with Gasteiger partial charge in [-0.05, 0) is 4.08 Å². The van der Waals surface area contributed by atoms with E-state index in [0.717, 1.165) is 6.26 Å². The van der Waals surface area contributed by atoms with Crippen molar-refractivity contribution < 1.29 is 5.11 Å². The van der Waals surface area contributed by atoms with E-state index in [-0.39, 0.29) is 0 Å². The third kappa shape index (κ3) is 3.98. The van der Waals surface area contributed by atoms with Crippen LogP contribution in [0.3, 0.4) is 0 Å². The monoisotopic (exact) mass is 225 g/mol. The second-order valence-corrected chi connectivity index (χ2v) is 1.96. The molecule has 0 fully saturated rings. The van der Waals surface area contributed by atoms with Crippen LogP contribution in [0, 0.1) is 0 Å².